The molecule has 2 aromatic rings. The lowest BCUT2D eigenvalue weighted by Crippen LogP contribution is -2.36. The Bertz CT molecular complexity index is 789. The third-order valence-corrected chi connectivity index (χ3v) is 4.18. The van der Waals surface area contributed by atoms with Gasteiger partial charge in [0.15, 0.2) is 6.61 Å². The van der Waals surface area contributed by atoms with Crippen LogP contribution in [0.4, 0.5) is 15.8 Å². The lowest BCUT2D eigenvalue weighted by Gasteiger charge is -2.28. The van der Waals surface area contributed by atoms with Gasteiger partial charge in [-0.3, -0.25) is 9.59 Å². The second-order valence-electron chi connectivity index (χ2n) is 6.12. The number of carbonyl (C=O) groups is 2. The van der Waals surface area contributed by atoms with Crippen molar-refractivity contribution in [2.75, 3.05) is 43.1 Å². The molecular formula is C20H21FN2O4. The summed E-state index contributed by atoms with van der Waals surface area (Å²) in [7, 11) is 0. The molecule has 1 fully saturated rings. The maximum absolute atomic E-state index is 13.5. The first-order valence-corrected chi connectivity index (χ1v) is 8.73. The zero-order valence-corrected chi connectivity index (χ0v) is 14.8. The van der Waals surface area contributed by atoms with E-state index in [9.17, 15) is 14.0 Å². The first-order chi connectivity index (χ1) is 13.1. The van der Waals surface area contributed by atoms with Gasteiger partial charge >= 0.3 is 5.97 Å². The zero-order chi connectivity index (χ0) is 19.1. The van der Waals surface area contributed by atoms with E-state index in [1.54, 1.807) is 24.3 Å². The molecule has 1 aliphatic heterocycles. The highest BCUT2D eigenvalue weighted by Crippen LogP contribution is 2.19. The van der Waals surface area contributed by atoms with Gasteiger partial charge in [-0.25, -0.2) is 4.39 Å². The number of nitrogens with zero attached hydrogens (tertiary/aromatic N) is 1. The summed E-state index contributed by atoms with van der Waals surface area (Å²) >= 11 is 0. The maximum Gasteiger partial charge on any atom is 0.310 e. The Kier molecular flexibility index (Phi) is 6.38. The molecule has 0 bridgehead atoms. The molecule has 0 saturated carbocycles. The van der Waals surface area contributed by atoms with Gasteiger partial charge in [-0.1, -0.05) is 18.2 Å². The predicted octanol–water partition coefficient (Wildman–Crippen LogP) is 2.39. The molecule has 27 heavy (non-hydrogen) atoms. The van der Waals surface area contributed by atoms with Crippen molar-refractivity contribution in [3.63, 3.8) is 0 Å². The summed E-state index contributed by atoms with van der Waals surface area (Å²) in [6.07, 6.45) is -0.214. The third-order valence-electron chi connectivity index (χ3n) is 4.18. The molecule has 1 N–H and O–H groups in total. The van der Waals surface area contributed by atoms with Crippen LogP contribution in [0.3, 0.4) is 0 Å². The second kappa shape index (κ2) is 9.14. The lowest BCUT2D eigenvalue weighted by atomic mass is 10.1. The number of nitrogens with one attached hydrogen (secondary N) is 1. The number of morpholine rings is 1. The van der Waals surface area contributed by atoms with Crippen LogP contribution in [0.15, 0.2) is 48.5 Å². The van der Waals surface area contributed by atoms with Gasteiger partial charge < -0.3 is 19.7 Å². The summed E-state index contributed by atoms with van der Waals surface area (Å²) in [4.78, 5) is 25.9. The standard InChI is InChI=1S/C20H21FN2O4/c21-18-4-2-1-3-15(18)13-20(25)27-14-19(24)22-16-5-7-17(8-6-16)23-9-11-26-12-10-23/h1-8H,9-14H2,(H,22,24). The van der Waals surface area contributed by atoms with Crippen LogP contribution >= 0.6 is 0 Å². The van der Waals surface area contributed by atoms with Gasteiger partial charge in [-0.15, -0.1) is 0 Å². The van der Waals surface area contributed by atoms with Crippen LogP contribution in [0.2, 0.25) is 0 Å². The third kappa shape index (κ3) is 5.52. The number of anilines is 2. The number of halogens is 1. The van der Waals surface area contributed by atoms with Gasteiger partial charge in [-0.2, -0.15) is 0 Å². The van der Waals surface area contributed by atoms with Crippen molar-refractivity contribution in [2.24, 2.45) is 0 Å². The predicted molar refractivity (Wildman–Crippen MR) is 99.2 cm³/mol. The van der Waals surface area contributed by atoms with Crippen molar-refractivity contribution in [2.45, 2.75) is 6.42 Å². The van der Waals surface area contributed by atoms with E-state index in [4.69, 9.17) is 9.47 Å². The van der Waals surface area contributed by atoms with E-state index in [-0.39, 0.29) is 12.0 Å². The topological polar surface area (TPSA) is 67.9 Å². The largest absolute Gasteiger partial charge is 0.455 e. The fourth-order valence-corrected chi connectivity index (χ4v) is 2.77. The molecule has 7 heteroatoms. The number of amides is 1. The Hall–Kier alpha value is -2.93. The fourth-order valence-electron chi connectivity index (χ4n) is 2.77. The molecule has 0 unspecified atom stereocenters. The molecule has 1 amide bonds. The second-order valence-corrected chi connectivity index (χ2v) is 6.12. The van der Waals surface area contributed by atoms with E-state index in [1.807, 2.05) is 12.1 Å². The molecule has 0 radical (unpaired) electrons. The average molecular weight is 372 g/mol. The first-order valence-electron chi connectivity index (χ1n) is 8.73. The van der Waals surface area contributed by atoms with Gasteiger partial charge in [0, 0.05) is 24.5 Å². The molecule has 6 nitrogen and oxygen atoms in total. The van der Waals surface area contributed by atoms with Crippen LogP contribution in [-0.4, -0.2) is 44.8 Å². The van der Waals surface area contributed by atoms with E-state index < -0.39 is 24.3 Å². The van der Waals surface area contributed by atoms with Gasteiger partial charge in [0.25, 0.3) is 5.91 Å². The molecule has 0 spiro atoms. The number of ether oxygens (including phenoxy) is 2. The molecular weight excluding hydrogens is 351 g/mol. The Labute approximate surface area is 156 Å². The smallest absolute Gasteiger partial charge is 0.310 e. The molecule has 0 atom stereocenters. The van der Waals surface area contributed by atoms with Crippen LogP contribution in [0.1, 0.15) is 5.56 Å². The normalized spacial score (nSPS) is 13.9. The first kappa shape index (κ1) is 18.8. The van der Waals surface area contributed by atoms with Crippen LogP contribution in [0, 0.1) is 5.82 Å². The molecule has 3 rings (SSSR count). The number of hydrogen-bond donors (Lipinski definition) is 1. The van der Waals surface area contributed by atoms with E-state index in [0.29, 0.717) is 18.9 Å². The monoisotopic (exact) mass is 372 g/mol. The average Bonchev–Trinajstić information content (AvgIpc) is 2.69. The van der Waals surface area contributed by atoms with Crippen molar-refractivity contribution >= 4 is 23.3 Å². The summed E-state index contributed by atoms with van der Waals surface area (Å²) in [5.41, 5.74) is 1.91. The molecule has 142 valence electrons. The Balaban J connectivity index is 1.45. The summed E-state index contributed by atoms with van der Waals surface area (Å²) in [5.74, 6) is -1.58. The lowest BCUT2D eigenvalue weighted by molar-refractivity contribution is -0.146. The number of esters is 1. The minimum Gasteiger partial charge on any atom is -0.455 e. The van der Waals surface area contributed by atoms with Crippen molar-refractivity contribution in [3.05, 3.63) is 59.9 Å². The highest BCUT2D eigenvalue weighted by Gasteiger charge is 2.13. The van der Waals surface area contributed by atoms with E-state index in [0.717, 1.165) is 18.8 Å². The summed E-state index contributed by atoms with van der Waals surface area (Å²) in [6, 6.07) is 13.4. The summed E-state index contributed by atoms with van der Waals surface area (Å²) in [5, 5.41) is 2.67. The van der Waals surface area contributed by atoms with Crippen molar-refractivity contribution < 1.29 is 23.5 Å². The minimum atomic E-state index is -0.655. The van der Waals surface area contributed by atoms with Crippen molar-refractivity contribution in [1.29, 1.82) is 0 Å². The van der Waals surface area contributed by atoms with E-state index in [1.165, 1.54) is 12.1 Å². The van der Waals surface area contributed by atoms with Crippen molar-refractivity contribution in [3.8, 4) is 0 Å². The molecule has 0 aromatic heterocycles. The quantitative estimate of drug-likeness (QED) is 0.789. The number of carbonyl (C=O) groups excluding carboxylic acids is 2. The summed E-state index contributed by atoms with van der Waals surface area (Å²) in [6.45, 7) is 2.67. The van der Waals surface area contributed by atoms with Crippen LogP contribution in [-0.2, 0) is 25.5 Å². The highest BCUT2D eigenvalue weighted by atomic mass is 19.1. The fraction of sp³-hybridized carbons (Fsp3) is 0.300. The van der Waals surface area contributed by atoms with E-state index >= 15 is 0 Å². The molecule has 1 aliphatic rings. The zero-order valence-electron chi connectivity index (χ0n) is 14.8. The minimum absolute atomic E-state index is 0.214. The van der Waals surface area contributed by atoms with Crippen molar-refractivity contribution in [1.82, 2.24) is 0 Å². The van der Waals surface area contributed by atoms with Gasteiger partial charge in [0.2, 0.25) is 0 Å². The molecule has 1 heterocycles. The number of rotatable bonds is 6. The van der Waals surface area contributed by atoms with E-state index in [2.05, 4.69) is 10.2 Å². The summed E-state index contributed by atoms with van der Waals surface area (Å²) < 4.78 is 23.7. The van der Waals surface area contributed by atoms with Gasteiger partial charge in [0.05, 0.1) is 19.6 Å². The molecule has 2 aromatic carbocycles. The molecule has 0 aliphatic carbocycles. The Morgan fingerprint density at radius 3 is 2.48 bits per heavy atom. The Morgan fingerprint density at radius 2 is 1.78 bits per heavy atom. The number of benzene rings is 2. The highest BCUT2D eigenvalue weighted by molar-refractivity contribution is 5.93. The SMILES string of the molecule is O=C(COC(=O)Cc1ccccc1F)Nc1ccc(N2CCOCC2)cc1. The number of hydrogen-bond acceptors (Lipinski definition) is 5. The van der Waals surface area contributed by atoms with Gasteiger partial charge in [0.1, 0.15) is 5.82 Å². The molecule has 1 saturated heterocycles. The van der Waals surface area contributed by atoms with Crippen LogP contribution in [0.5, 0.6) is 0 Å². The maximum atomic E-state index is 13.5. The Morgan fingerprint density at radius 1 is 1.07 bits per heavy atom. The van der Waals surface area contributed by atoms with Crippen LogP contribution < -0.4 is 10.2 Å². The van der Waals surface area contributed by atoms with Crippen LogP contribution in [0.25, 0.3) is 0 Å². The van der Waals surface area contributed by atoms with Gasteiger partial charge in [-0.05, 0) is 35.9 Å².